The summed E-state index contributed by atoms with van der Waals surface area (Å²) < 4.78 is 10.3. The number of carbonyl (C=O) groups is 3. The standard InChI is InChI=1S/C29H38N4O5/c1-37-20-19-33(29(36)22-5-3-4-6-22)21-27(34)30-24-9-11-25(12-10-24)31-15-17-32(18-16-31)28(35)23-7-13-26(38-2)14-8-23/h7-14,22H,3-6,15-21H2,1-2H3,(H,30,34). The molecule has 4 rings (SSSR count). The fraction of sp³-hybridized carbons (Fsp3) is 0.483. The summed E-state index contributed by atoms with van der Waals surface area (Å²) in [6.45, 7) is 3.55. The molecule has 0 aromatic heterocycles. The van der Waals surface area contributed by atoms with E-state index in [0.29, 0.717) is 37.5 Å². The van der Waals surface area contributed by atoms with Gasteiger partial charge in [0.25, 0.3) is 5.91 Å². The van der Waals surface area contributed by atoms with Crippen molar-refractivity contribution in [1.29, 1.82) is 0 Å². The molecule has 9 heteroatoms. The van der Waals surface area contributed by atoms with Gasteiger partial charge in [-0.1, -0.05) is 12.8 Å². The summed E-state index contributed by atoms with van der Waals surface area (Å²) in [6.07, 6.45) is 3.94. The summed E-state index contributed by atoms with van der Waals surface area (Å²) in [7, 11) is 3.20. The topological polar surface area (TPSA) is 91.4 Å². The smallest absolute Gasteiger partial charge is 0.253 e. The van der Waals surface area contributed by atoms with Crippen molar-refractivity contribution < 1.29 is 23.9 Å². The average molecular weight is 523 g/mol. The molecule has 0 bridgehead atoms. The Bertz CT molecular complexity index is 1080. The monoisotopic (exact) mass is 522 g/mol. The van der Waals surface area contributed by atoms with Gasteiger partial charge in [-0.25, -0.2) is 0 Å². The fourth-order valence-corrected chi connectivity index (χ4v) is 5.11. The second-order valence-electron chi connectivity index (χ2n) is 9.84. The Balaban J connectivity index is 1.27. The maximum absolute atomic E-state index is 12.9. The van der Waals surface area contributed by atoms with Gasteiger partial charge in [0, 0.05) is 62.7 Å². The molecule has 1 saturated carbocycles. The number of carbonyl (C=O) groups excluding carboxylic acids is 3. The molecule has 2 aromatic carbocycles. The summed E-state index contributed by atoms with van der Waals surface area (Å²) in [6, 6.07) is 14.9. The highest BCUT2D eigenvalue weighted by Crippen LogP contribution is 2.27. The summed E-state index contributed by atoms with van der Waals surface area (Å²) in [4.78, 5) is 44.2. The quantitative estimate of drug-likeness (QED) is 0.515. The summed E-state index contributed by atoms with van der Waals surface area (Å²) >= 11 is 0. The van der Waals surface area contributed by atoms with E-state index in [-0.39, 0.29) is 30.2 Å². The summed E-state index contributed by atoms with van der Waals surface area (Å²) in [5.74, 6) is 0.606. The SMILES string of the molecule is COCCN(CC(=O)Nc1ccc(N2CCN(C(=O)c3ccc(OC)cc3)CC2)cc1)C(=O)C1CCCC1. The maximum atomic E-state index is 12.9. The van der Waals surface area contributed by atoms with Crippen LogP contribution in [0.25, 0.3) is 0 Å². The zero-order chi connectivity index (χ0) is 26.9. The predicted molar refractivity (Wildman–Crippen MR) is 147 cm³/mol. The van der Waals surface area contributed by atoms with Gasteiger partial charge in [0.1, 0.15) is 5.75 Å². The lowest BCUT2D eigenvalue weighted by atomic mass is 10.1. The zero-order valence-electron chi connectivity index (χ0n) is 22.4. The van der Waals surface area contributed by atoms with Gasteiger partial charge >= 0.3 is 0 Å². The van der Waals surface area contributed by atoms with Gasteiger partial charge in [-0.05, 0) is 61.4 Å². The maximum Gasteiger partial charge on any atom is 0.253 e. The van der Waals surface area contributed by atoms with E-state index in [1.807, 2.05) is 29.2 Å². The van der Waals surface area contributed by atoms with Crippen molar-refractivity contribution in [3.05, 3.63) is 54.1 Å². The van der Waals surface area contributed by atoms with Crippen LogP contribution in [-0.2, 0) is 14.3 Å². The Morgan fingerprint density at radius 3 is 2.18 bits per heavy atom. The van der Waals surface area contributed by atoms with Crippen LogP contribution in [0, 0.1) is 5.92 Å². The molecule has 2 aliphatic rings. The van der Waals surface area contributed by atoms with Crippen molar-refractivity contribution in [2.24, 2.45) is 5.92 Å². The molecule has 0 unspecified atom stereocenters. The first-order valence-electron chi connectivity index (χ1n) is 13.3. The first-order chi connectivity index (χ1) is 18.5. The van der Waals surface area contributed by atoms with E-state index < -0.39 is 0 Å². The van der Waals surface area contributed by atoms with Gasteiger partial charge in [0.15, 0.2) is 0 Å². The van der Waals surface area contributed by atoms with Crippen molar-refractivity contribution >= 4 is 29.1 Å². The van der Waals surface area contributed by atoms with Gasteiger partial charge in [-0.3, -0.25) is 14.4 Å². The van der Waals surface area contributed by atoms with Crippen LogP contribution >= 0.6 is 0 Å². The van der Waals surface area contributed by atoms with E-state index in [4.69, 9.17) is 9.47 Å². The number of piperazine rings is 1. The molecule has 2 fully saturated rings. The molecule has 38 heavy (non-hydrogen) atoms. The molecule has 9 nitrogen and oxygen atoms in total. The lowest BCUT2D eigenvalue weighted by Gasteiger charge is -2.36. The van der Waals surface area contributed by atoms with E-state index in [0.717, 1.165) is 50.2 Å². The summed E-state index contributed by atoms with van der Waals surface area (Å²) in [5, 5.41) is 2.92. The molecule has 0 radical (unpaired) electrons. The Labute approximate surface area is 224 Å². The average Bonchev–Trinajstić information content (AvgIpc) is 3.50. The number of amides is 3. The number of methoxy groups -OCH3 is 2. The van der Waals surface area contributed by atoms with E-state index in [2.05, 4.69) is 10.2 Å². The number of rotatable bonds is 10. The molecular formula is C29H38N4O5. The van der Waals surface area contributed by atoms with E-state index in [1.54, 1.807) is 43.4 Å². The highest BCUT2D eigenvalue weighted by atomic mass is 16.5. The third kappa shape index (κ3) is 7.04. The molecule has 3 amide bonds. The third-order valence-corrected chi connectivity index (χ3v) is 7.34. The van der Waals surface area contributed by atoms with Crippen molar-refractivity contribution in [3.8, 4) is 5.75 Å². The van der Waals surface area contributed by atoms with Crippen LogP contribution in [0.3, 0.4) is 0 Å². The molecule has 2 aromatic rings. The van der Waals surface area contributed by atoms with Gasteiger partial charge in [-0.15, -0.1) is 0 Å². The minimum absolute atomic E-state index is 0.0185. The van der Waals surface area contributed by atoms with Crippen molar-refractivity contribution in [2.75, 3.05) is 70.3 Å². The fourth-order valence-electron chi connectivity index (χ4n) is 5.11. The van der Waals surface area contributed by atoms with Crippen LogP contribution < -0.4 is 15.0 Å². The number of benzene rings is 2. The molecule has 1 aliphatic heterocycles. The number of nitrogens with zero attached hydrogens (tertiary/aromatic N) is 3. The second kappa shape index (κ2) is 13.3. The third-order valence-electron chi connectivity index (χ3n) is 7.34. The number of hydrogen-bond acceptors (Lipinski definition) is 6. The molecular weight excluding hydrogens is 484 g/mol. The highest BCUT2D eigenvalue weighted by Gasteiger charge is 2.28. The molecule has 204 valence electrons. The lowest BCUT2D eigenvalue weighted by molar-refractivity contribution is -0.138. The Morgan fingerprint density at radius 1 is 0.921 bits per heavy atom. The van der Waals surface area contributed by atoms with Crippen LogP contribution in [0.2, 0.25) is 0 Å². The Kier molecular flexibility index (Phi) is 9.59. The van der Waals surface area contributed by atoms with Crippen LogP contribution in [-0.4, -0.2) is 87.6 Å². The summed E-state index contributed by atoms with van der Waals surface area (Å²) in [5.41, 5.74) is 2.38. The molecule has 1 heterocycles. The molecule has 1 saturated heterocycles. The number of ether oxygens (including phenoxy) is 2. The van der Waals surface area contributed by atoms with Crippen molar-refractivity contribution in [1.82, 2.24) is 9.80 Å². The van der Waals surface area contributed by atoms with Crippen molar-refractivity contribution in [3.63, 3.8) is 0 Å². The van der Waals surface area contributed by atoms with Gasteiger partial charge in [0.2, 0.25) is 11.8 Å². The van der Waals surface area contributed by atoms with Crippen LogP contribution in [0.5, 0.6) is 5.75 Å². The molecule has 1 N–H and O–H groups in total. The van der Waals surface area contributed by atoms with Crippen LogP contribution in [0.4, 0.5) is 11.4 Å². The first kappa shape index (κ1) is 27.4. The van der Waals surface area contributed by atoms with Gasteiger partial charge < -0.3 is 29.5 Å². The molecule has 0 spiro atoms. The van der Waals surface area contributed by atoms with E-state index in [1.165, 1.54) is 0 Å². The van der Waals surface area contributed by atoms with Crippen LogP contribution in [0.15, 0.2) is 48.5 Å². The minimum atomic E-state index is -0.217. The Hall–Kier alpha value is -3.59. The largest absolute Gasteiger partial charge is 0.497 e. The first-order valence-corrected chi connectivity index (χ1v) is 13.3. The van der Waals surface area contributed by atoms with Crippen LogP contribution in [0.1, 0.15) is 36.0 Å². The normalized spacial score (nSPS) is 15.8. The zero-order valence-corrected chi connectivity index (χ0v) is 22.4. The molecule has 1 aliphatic carbocycles. The van der Waals surface area contributed by atoms with Gasteiger partial charge in [0.05, 0.1) is 20.3 Å². The van der Waals surface area contributed by atoms with E-state index >= 15 is 0 Å². The molecule has 0 atom stereocenters. The second-order valence-corrected chi connectivity index (χ2v) is 9.84. The highest BCUT2D eigenvalue weighted by molar-refractivity contribution is 5.95. The number of nitrogens with one attached hydrogen (secondary N) is 1. The number of hydrogen-bond donors (Lipinski definition) is 1. The Morgan fingerprint density at radius 2 is 1.58 bits per heavy atom. The predicted octanol–water partition coefficient (Wildman–Crippen LogP) is 3.26. The lowest BCUT2D eigenvalue weighted by Crippen LogP contribution is -2.48. The van der Waals surface area contributed by atoms with E-state index in [9.17, 15) is 14.4 Å². The number of anilines is 2. The van der Waals surface area contributed by atoms with Gasteiger partial charge in [-0.2, -0.15) is 0 Å². The minimum Gasteiger partial charge on any atom is -0.497 e. The van der Waals surface area contributed by atoms with Crippen molar-refractivity contribution in [2.45, 2.75) is 25.7 Å².